The van der Waals surface area contributed by atoms with Crippen molar-refractivity contribution in [1.29, 1.82) is 0 Å². The fourth-order valence-electron chi connectivity index (χ4n) is 5.33. The van der Waals surface area contributed by atoms with E-state index in [1.54, 1.807) is 22.6 Å². The number of nitrogens with zero attached hydrogens (tertiary/aromatic N) is 5. The van der Waals surface area contributed by atoms with Crippen molar-refractivity contribution in [2.75, 3.05) is 38.5 Å². The van der Waals surface area contributed by atoms with E-state index >= 15 is 0 Å². The van der Waals surface area contributed by atoms with Crippen LogP contribution < -0.4 is 5.32 Å². The van der Waals surface area contributed by atoms with Crippen LogP contribution in [0.4, 0.5) is 16.3 Å². The molecule has 1 amide bonds. The minimum atomic E-state index is -0.225. The Bertz CT molecular complexity index is 1410. The second-order valence-electron chi connectivity index (χ2n) is 10.4. The van der Waals surface area contributed by atoms with Gasteiger partial charge in [-0.25, -0.2) is 14.8 Å². The molecule has 2 aliphatic rings. The van der Waals surface area contributed by atoms with Crippen LogP contribution in [0.2, 0.25) is 0 Å². The number of H-pyrrole nitrogens is 1. The lowest BCUT2D eigenvalue weighted by atomic mass is 9.94. The SMILES string of the molecule is CC1CCN(CCN(C)C(=O)OC2CCc3c(sc4ncnc(Nc5ccc6[nH]ncc6c5)c34)C2)CC1. The van der Waals surface area contributed by atoms with Gasteiger partial charge < -0.3 is 19.9 Å². The molecule has 2 N–H and O–H groups in total. The fourth-order valence-corrected chi connectivity index (χ4v) is 6.59. The first-order valence-electron chi connectivity index (χ1n) is 13.1. The maximum absolute atomic E-state index is 12.8. The van der Waals surface area contributed by atoms with Crippen molar-refractivity contribution in [2.24, 2.45) is 5.92 Å². The number of ether oxygens (including phenoxy) is 1. The number of hydrogen-bond acceptors (Lipinski definition) is 8. The number of anilines is 2. The van der Waals surface area contributed by atoms with E-state index in [-0.39, 0.29) is 12.2 Å². The van der Waals surface area contributed by atoms with Crippen molar-refractivity contribution in [3.8, 4) is 0 Å². The Morgan fingerprint density at radius 1 is 1.27 bits per heavy atom. The van der Waals surface area contributed by atoms with Crippen LogP contribution in [0, 0.1) is 5.92 Å². The smallest absolute Gasteiger partial charge is 0.409 e. The molecule has 1 aliphatic carbocycles. The fraction of sp³-hybridized carbons (Fsp3) is 0.481. The molecule has 0 bridgehead atoms. The van der Waals surface area contributed by atoms with E-state index in [1.807, 2.05) is 25.4 Å². The highest BCUT2D eigenvalue weighted by molar-refractivity contribution is 7.19. The molecular formula is C27H33N7O2S. The van der Waals surface area contributed by atoms with Gasteiger partial charge in [-0.2, -0.15) is 5.10 Å². The monoisotopic (exact) mass is 519 g/mol. The molecule has 9 nitrogen and oxygen atoms in total. The molecule has 0 spiro atoms. The molecule has 3 aromatic heterocycles. The molecule has 10 heteroatoms. The van der Waals surface area contributed by atoms with Gasteiger partial charge in [-0.3, -0.25) is 5.10 Å². The van der Waals surface area contributed by atoms with Gasteiger partial charge in [-0.1, -0.05) is 6.92 Å². The summed E-state index contributed by atoms with van der Waals surface area (Å²) in [4.78, 5) is 28.3. The van der Waals surface area contributed by atoms with Crippen LogP contribution in [0.15, 0.2) is 30.7 Å². The van der Waals surface area contributed by atoms with Crippen LogP contribution in [-0.4, -0.2) is 75.4 Å². The van der Waals surface area contributed by atoms with E-state index in [0.717, 1.165) is 77.4 Å². The van der Waals surface area contributed by atoms with Gasteiger partial charge in [0.25, 0.3) is 0 Å². The van der Waals surface area contributed by atoms with Gasteiger partial charge in [-0.15, -0.1) is 11.3 Å². The van der Waals surface area contributed by atoms with Gasteiger partial charge >= 0.3 is 6.09 Å². The third kappa shape index (κ3) is 5.13. The van der Waals surface area contributed by atoms with E-state index in [2.05, 4.69) is 43.4 Å². The number of likely N-dealkylation sites (N-methyl/N-ethyl adjacent to an activating group) is 1. The lowest BCUT2D eigenvalue weighted by Crippen LogP contribution is -2.41. The van der Waals surface area contributed by atoms with E-state index in [9.17, 15) is 4.79 Å². The molecule has 1 unspecified atom stereocenters. The maximum atomic E-state index is 12.8. The average molecular weight is 520 g/mol. The van der Waals surface area contributed by atoms with Gasteiger partial charge in [-0.05, 0) is 68.5 Å². The number of benzene rings is 1. The molecule has 1 aromatic carbocycles. The van der Waals surface area contributed by atoms with Gasteiger partial charge in [0.1, 0.15) is 23.1 Å². The first kappa shape index (κ1) is 24.1. The van der Waals surface area contributed by atoms with Crippen LogP contribution in [0.5, 0.6) is 0 Å². The third-order valence-electron chi connectivity index (χ3n) is 7.71. The van der Waals surface area contributed by atoms with E-state index in [4.69, 9.17) is 4.74 Å². The van der Waals surface area contributed by atoms with E-state index in [0.29, 0.717) is 6.54 Å². The van der Waals surface area contributed by atoms with Crippen molar-refractivity contribution in [1.82, 2.24) is 30.0 Å². The van der Waals surface area contributed by atoms with Crippen molar-refractivity contribution >= 4 is 50.1 Å². The maximum Gasteiger partial charge on any atom is 0.409 e. The molecule has 4 heterocycles. The zero-order chi connectivity index (χ0) is 25.4. The van der Waals surface area contributed by atoms with Gasteiger partial charge in [0.2, 0.25) is 0 Å². The average Bonchev–Trinajstić information content (AvgIpc) is 3.52. The molecule has 0 radical (unpaired) electrons. The first-order valence-corrected chi connectivity index (χ1v) is 13.9. The predicted octanol–water partition coefficient (Wildman–Crippen LogP) is 4.97. The first-order chi connectivity index (χ1) is 18.0. The Morgan fingerprint density at radius 2 is 2.14 bits per heavy atom. The molecule has 6 rings (SSSR count). The highest BCUT2D eigenvalue weighted by atomic mass is 32.1. The zero-order valence-corrected chi connectivity index (χ0v) is 22.2. The molecule has 194 valence electrons. The summed E-state index contributed by atoms with van der Waals surface area (Å²) in [6.45, 7) is 6.17. The highest BCUT2D eigenvalue weighted by Gasteiger charge is 2.28. The normalized spacial score (nSPS) is 18.7. The molecule has 0 saturated carbocycles. The predicted molar refractivity (Wildman–Crippen MR) is 147 cm³/mol. The van der Waals surface area contributed by atoms with Crippen LogP contribution in [-0.2, 0) is 17.6 Å². The zero-order valence-electron chi connectivity index (χ0n) is 21.4. The van der Waals surface area contributed by atoms with Gasteiger partial charge in [0.05, 0.1) is 17.1 Å². The van der Waals surface area contributed by atoms with E-state index < -0.39 is 0 Å². The van der Waals surface area contributed by atoms with Crippen molar-refractivity contribution in [3.05, 3.63) is 41.2 Å². The number of piperidine rings is 1. The number of aryl methyl sites for hydroxylation is 1. The Labute approximate surface area is 220 Å². The highest BCUT2D eigenvalue weighted by Crippen LogP contribution is 2.39. The van der Waals surface area contributed by atoms with Crippen molar-refractivity contribution in [2.45, 2.75) is 45.1 Å². The van der Waals surface area contributed by atoms with Crippen molar-refractivity contribution in [3.63, 3.8) is 0 Å². The Hall–Kier alpha value is -3.24. The summed E-state index contributed by atoms with van der Waals surface area (Å²) in [5.74, 6) is 1.63. The minimum absolute atomic E-state index is 0.112. The summed E-state index contributed by atoms with van der Waals surface area (Å²) in [5, 5.41) is 12.7. The molecule has 1 aliphatic heterocycles. The lowest BCUT2D eigenvalue weighted by Gasteiger charge is -2.31. The molecule has 1 atom stereocenters. The number of carbonyl (C=O) groups is 1. The summed E-state index contributed by atoms with van der Waals surface area (Å²) in [5.41, 5.74) is 3.23. The van der Waals surface area contributed by atoms with Crippen LogP contribution in [0.3, 0.4) is 0 Å². The summed E-state index contributed by atoms with van der Waals surface area (Å²) >= 11 is 1.68. The Kier molecular flexibility index (Phi) is 6.69. The number of amides is 1. The Morgan fingerprint density at radius 3 is 3.00 bits per heavy atom. The molecule has 4 aromatic rings. The minimum Gasteiger partial charge on any atom is -0.446 e. The topological polar surface area (TPSA) is 99.3 Å². The summed E-state index contributed by atoms with van der Waals surface area (Å²) in [7, 11) is 1.84. The molecule has 37 heavy (non-hydrogen) atoms. The second-order valence-corrected chi connectivity index (χ2v) is 11.5. The second kappa shape index (κ2) is 10.3. The standard InChI is InChI=1S/C27H33N7O2S/c1-17-7-9-34(10-8-17)12-11-33(2)27(35)36-20-4-5-21-23(14-20)37-26-24(21)25(28-16-29-26)31-19-3-6-22-18(13-19)15-30-32-22/h3,6,13,15-17,20H,4-5,7-12,14H2,1-2H3,(H,30,32)(H,28,29,31). The summed E-state index contributed by atoms with van der Waals surface area (Å²) in [6, 6.07) is 6.09. The third-order valence-corrected chi connectivity index (χ3v) is 8.87. The Balaban J connectivity index is 1.11. The van der Waals surface area contributed by atoms with E-state index in [1.165, 1.54) is 23.3 Å². The number of hydrogen-bond donors (Lipinski definition) is 2. The quantitative estimate of drug-likeness (QED) is 0.371. The number of nitrogens with one attached hydrogen (secondary N) is 2. The molecular weight excluding hydrogens is 486 g/mol. The number of rotatable bonds is 6. The van der Waals surface area contributed by atoms with Crippen LogP contribution in [0.25, 0.3) is 21.1 Å². The number of thiophene rings is 1. The van der Waals surface area contributed by atoms with Gasteiger partial charge in [0.15, 0.2) is 0 Å². The van der Waals surface area contributed by atoms with Crippen LogP contribution in [0.1, 0.15) is 36.6 Å². The summed E-state index contributed by atoms with van der Waals surface area (Å²) in [6.07, 6.45) is 7.94. The van der Waals surface area contributed by atoms with Gasteiger partial charge in [0, 0.05) is 42.5 Å². The number of carbonyl (C=O) groups excluding carboxylic acids is 1. The largest absolute Gasteiger partial charge is 0.446 e. The van der Waals surface area contributed by atoms with Crippen LogP contribution >= 0.6 is 11.3 Å². The molecule has 1 saturated heterocycles. The lowest BCUT2D eigenvalue weighted by molar-refractivity contribution is 0.0596. The number of fused-ring (bicyclic) bond motifs is 4. The van der Waals surface area contributed by atoms with Crippen molar-refractivity contribution < 1.29 is 9.53 Å². The number of aromatic nitrogens is 4. The summed E-state index contributed by atoms with van der Waals surface area (Å²) < 4.78 is 5.94. The number of likely N-dealkylation sites (tertiary alicyclic amines) is 1. The number of aromatic amines is 1. The molecule has 1 fully saturated rings.